The molecule has 6 nitrogen and oxygen atoms in total. The minimum atomic E-state index is -0.505. The Morgan fingerprint density at radius 1 is 1.16 bits per heavy atom. The molecule has 2 aromatic heterocycles. The summed E-state index contributed by atoms with van der Waals surface area (Å²) >= 11 is 0. The summed E-state index contributed by atoms with van der Waals surface area (Å²) in [6, 6.07) is 6.28. The van der Waals surface area contributed by atoms with Crippen LogP contribution in [-0.2, 0) is 30.6 Å². The van der Waals surface area contributed by atoms with Crippen LogP contribution in [0.4, 0.5) is 0 Å². The molecular formula is C26H26N4O2. The molecule has 2 amide bonds. The van der Waals surface area contributed by atoms with Gasteiger partial charge in [0.25, 0.3) is 5.91 Å². The number of hydrogen-bond acceptors (Lipinski definition) is 3. The van der Waals surface area contributed by atoms with Crippen molar-refractivity contribution in [2.45, 2.75) is 45.1 Å². The molecule has 1 aliphatic heterocycles. The van der Waals surface area contributed by atoms with Gasteiger partial charge >= 0.3 is 0 Å². The minimum Gasteiger partial charge on any atom is -0.364 e. The number of primary amides is 1. The van der Waals surface area contributed by atoms with Gasteiger partial charge in [-0.3, -0.25) is 9.59 Å². The Balaban J connectivity index is 1.55. The van der Waals surface area contributed by atoms with Crippen molar-refractivity contribution in [3.05, 3.63) is 65.1 Å². The van der Waals surface area contributed by atoms with Crippen molar-refractivity contribution in [2.24, 2.45) is 11.1 Å². The van der Waals surface area contributed by atoms with E-state index in [1.165, 1.54) is 42.2 Å². The number of benzene rings is 1. The molecule has 0 radical (unpaired) electrons. The highest BCUT2D eigenvalue weighted by molar-refractivity contribution is 6.09. The summed E-state index contributed by atoms with van der Waals surface area (Å²) < 4.78 is 0. The topological polar surface area (TPSA) is 92.1 Å². The zero-order valence-electron chi connectivity index (χ0n) is 18.0. The predicted octanol–water partition coefficient (Wildman–Crippen LogP) is 3.67. The second-order valence-corrected chi connectivity index (χ2v) is 9.55. The summed E-state index contributed by atoms with van der Waals surface area (Å²) in [4.78, 5) is 34.2. The van der Waals surface area contributed by atoms with Crippen molar-refractivity contribution >= 4 is 22.7 Å². The van der Waals surface area contributed by atoms with Gasteiger partial charge in [0.2, 0.25) is 5.91 Å². The zero-order chi connectivity index (χ0) is 22.0. The SMILES string of the molecule is C=CC(=O)N1CCc2c(cccc2-c2cnc(C(N)=O)c3[nH]c4c(c23)CC2(CC4)CC2)C1. The van der Waals surface area contributed by atoms with Gasteiger partial charge in [0, 0.05) is 35.9 Å². The summed E-state index contributed by atoms with van der Waals surface area (Å²) in [5, 5.41) is 1.10. The average Bonchev–Trinajstić information content (AvgIpc) is 3.45. The van der Waals surface area contributed by atoms with E-state index in [-0.39, 0.29) is 5.91 Å². The number of aromatic nitrogens is 2. The van der Waals surface area contributed by atoms with Crippen molar-refractivity contribution in [3.8, 4) is 11.1 Å². The van der Waals surface area contributed by atoms with E-state index < -0.39 is 5.91 Å². The van der Waals surface area contributed by atoms with Gasteiger partial charge in [-0.1, -0.05) is 24.8 Å². The standard InChI is InChI=1S/C26H26N4O2/c1-2-21(31)30-11-7-16-15(14-30)4-3-5-17(16)19-13-28-24(25(27)32)23-22(19)18-12-26(9-10-26)8-6-20(18)29-23/h2-5,13,29H,1,6-12,14H2,(H2,27,32). The van der Waals surface area contributed by atoms with E-state index in [1.807, 2.05) is 17.2 Å². The highest BCUT2D eigenvalue weighted by Gasteiger charge is 2.45. The number of hydrogen-bond donors (Lipinski definition) is 2. The average molecular weight is 427 g/mol. The Hall–Kier alpha value is -3.41. The number of nitrogens with one attached hydrogen (secondary N) is 1. The molecule has 162 valence electrons. The fourth-order valence-electron chi connectivity index (χ4n) is 5.76. The van der Waals surface area contributed by atoms with Gasteiger partial charge in [-0.25, -0.2) is 4.98 Å². The molecule has 3 N–H and O–H groups in total. The maximum Gasteiger partial charge on any atom is 0.269 e. The van der Waals surface area contributed by atoms with Gasteiger partial charge in [-0.2, -0.15) is 0 Å². The normalized spacial score (nSPS) is 18.3. The first-order chi connectivity index (χ1) is 15.5. The monoisotopic (exact) mass is 426 g/mol. The van der Waals surface area contributed by atoms with E-state index in [0.717, 1.165) is 46.9 Å². The molecule has 32 heavy (non-hydrogen) atoms. The largest absolute Gasteiger partial charge is 0.364 e. The molecule has 3 aliphatic rings. The fraction of sp³-hybridized carbons (Fsp3) is 0.346. The number of aromatic amines is 1. The Kier molecular flexibility index (Phi) is 4.09. The van der Waals surface area contributed by atoms with Crippen LogP contribution in [0.15, 0.2) is 37.1 Å². The van der Waals surface area contributed by atoms with Crippen molar-refractivity contribution < 1.29 is 9.59 Å². The van der Waals surface area contributed by atoms with Gasteiger partial charge in [0.15, 0.2) is 5.69 Å². The fourth-order valence-corrected chi connectivity index (χ4v) is 5.76. The maximum atomic E-state index is 12.2. The van der Waals surface area contributed by atoms with Crippen LogP contribution in [0.3, 0.4) is 0 Å². The lowest BCUT2D eigenvalue weighted by Crippen LogP contribution is -2.34. The quantitative estimate of drug-likeness (QED) is 0.626. The van der Waals surface area contributed by atoms with Crippen LogP contribution in [-0.4, -0.2) is 33.2 Å². The number of amides is 2. The molecule has 3 aromatic rings. The molecule has 1 aromatic carbocycles. The lowest BCUT2D eigenvalue weighted by molar-refractivity contribution is -0.126. The smallest absolute Gasteiger partial charge is 0.269 e. The Morgan fingerprint density at radius 2 is 2.00 bits per heavy atom. The minimum absolute atomic E-state index is 0.0367. The molecule has 1 spiro atoms. The summed E-state index contributed by atoms with van der Waals surface area (Å²) in [7, 11) is 0. The second kappa shape index (κ2) is 6.79. The van der Waals surface area contributed by atoms with Gasteiger partial charge in [-0.15, -0.1) is 0 Å². The molecule has 0 bridgehead atoms. The Morgan fingerprint density at radius 3 is 2.75 bits per heavy atom. The molecule has 0 saturated heterocycles. The molecule has 3 heterocycles. The number of carbonyl (C=O) groups is 2. The van der Waals surface area contributed by atoms with E-state index in [9.17, 15) is 9.59 Å². The number of H-pyrrole nitrogens is 1. The van der Waals surface area contributed by atoms with Crippen LogP contribution in [0, 0.1) is 5.41 Å². The molecule has 1 fully saturated rings. The van der Waals surface area contributed by atoms with Crippen LogP contribution >= 0.6 is 0 Å². The first-order valence-corrected chi connectivity index (χ1v) is 11.3. The van der Waals surface area contributed by atoms with Crippen molar-refractivity contribution in [1.82, 2.24) is 14.9 Å². The number of aryl methyl sites for hydroxylation is 1. The van der Waals surface area contributed by atoms with E-state index in [0.29, 0.717) is 24.2 Å². The lowest BCUT2D eigenvalue weighted by Gasteiger charge is -2.29. The number of pyridine rings is 1. The first kappa shape index (κ1) is 19.3. The number of fused-ring (bicyclic) bond motifs is 4. The van der Waals surface area contributed by atoms with Crippen LogP contribution in [0.2, 0.25) is 0 Å². The van der Waals surface area contributed by atoms with E-state index in [4.69, 9.17) is 5.73 Å². The van der Waals surface area contributed by atoms with Crippen molar-refractivity contribution in [2.75, 3.05) is 6.54 Å². The molecule has 0 atom stereocenters. The number of nitrogens with two attached hydrogens (primary N) is 1. The second-order valence-electron chi connectivity index (χ2n) is 9.55. The molecule has 2 aliphatic carbocycles. The Labute approximate surface area is 186 Å². The lowest BCUT2D eigenvalue weighted by atomic mass is 9.82. The Bertz CT molecular complexity index is 1320. The van der Waals surface area contributed by atoms with Crippen LogP contribution < -0.4 is 5.73 Å². The van der Waals surface area contributed by atoms with Crippen molar-refractivity contribution in [3.63, 3.8) is 0 Å². The van der Waals surface area contributed by atoms with Gasteiger partial charge < -0.3 is 15.6 Å². The summed E-state index contributed by atoms with van der Waals surface area (Å²) in [5.41, 5.74) is 14.4. The predicted molar refractivity (Wildman–Crippen MR) is 123 cm³/mol. The van der Waals surface area contributed by atoms with E-state index in [1.54, 1.807) is 0 Å². The molecule has 1 saturated carbocycles. The first-order valence-electron chi connectivity index (χ1n) is 11.3. The van der Waals surface area contributed by atoms with Gasteiger partial charge in [0.05, 0.1) is 5.52 Å². The third-order valence-corrected chi connectivity index (χ3v) is 7.71. The number of rotatable bonds is 3. The molecule has 0 unspecified atom stereocenters. The summed E-state index contributed by atoms with van der Waals surface area (Å²) in [6.07, 6.45) is 9.82. The van der Waals surface area contributed by atoms with E-state index >= 15 is 0 Å². The third kappa shape index (κ3) is 2.82. The molecule has 6 rings (SSSR count). The van der Waals surface area contributed by atoms with Crippen molar-refractivity contribution in [1.29, 1.82) is 0 Å². The summed E-state index contributed by atoms with van der Waals surface area (Å²) in [6.45, 7) is 4.87. The highest BCUT2D eigenvalue weighted by atomic mass is 16.2. The van der Waals surface area contributed by atoms with Crippen LogP contribution in [0.5, 0.6) is 0 Å². The van der Waals surface area contributed by atoms with Gasteiger partial charge in [-0.05, 0) is 72.3 Å². The maximum absolute atomic E-state index is 12.2. The van der Waals surface area contributed by atoms with Gasteiger partial charge in [0.1, 0.15) is 0 Å². The summed E-state index contributed by atoms with van der Waals surface area (Å²) in [5.74, 6) is -0.541. The van der Waals surface area contributed by atoms with Crippen LogP contribution in [0.1, 0.15) is 52.1 Å². The number of carbonyl (C=O) groups excluding carboxylic acids is 2. The molecule has 6 heteroatoms. The van der Waals surface area contributed by atoms with E-state index in [2.05, 4.69) is 28.7 Å². The number of nitrogens with zero attached hydrogens (tertiary/aromatic N) is 2. The van der Waals surface area contributed by atoms with Crippen LogP contribution in [0.25, 0.3) is 22.0 Å². The third-order valence-electron chi connectivity index (χ3n) is 7.71. The zero-order valence-corrected chi connectivity index (χ0v) is 18.0. The highest BCUT2D eigenvalue weighted by Crippen LogP contribution is 2.56. The molecular weight excluding hydrogens is 400 g/mol.